The molecule has 1 aliphatic heterocycles. The van der Waals surface area contributed by atoms with Gasteiger partial charge in [0.05, 0.1) is 17.2 Å². The highest BCUT2D eigenvalue weighted by molar-refractivity contribution is 8.16. The van der Waals surface area contributed by atoms with Gasteiger partial charge in [-0.05, 0) is 26.0 Å². The summed E-state index contributed by atoms with van der Waals surface area (Å²) in [7, 11) is 0. The Labute approximate surface area is 97.0 Å². The first-order valence-corrected chi connectivity index (χ1v) is 5.54. The van der Waals surface area contributed by atoms with Crippen LogP contribution in [0.3, 0.4) is 0 Å². The lowest BCUT2D eigenvalue weighted by Gasteiger charge is -2.08. The van der Waals surface area contributed by atoms with E-state index in [1.54, 1.807) is 18.4 Å². The van der Waals surface area contributed by atoms with E-state index in [2.05, 4.69) is 15.5 Å². The van der Waals surface area contributed by atoms with Crippen LogP contribution in [0.4, 0.5) is 0 Å². The number of furan rings is 1. The van der Waals surface area contributed by atoms with E-state index in [1.807, 2.05) is 13.8 Å². The molecule has 16 heavy (non-hydrogen) atoms. The number of amides is 1. The van der Waals surface area contributed by atoms with Gasteiger partial charge in [0.25, 0.3) is 0 Å². The average molecular weight is 237 g/mol. The molecule has 0 radical (unpaired) electrons. The molecule has 2 rings (SSSR count). The normalized spacial score (nSPS) is 21.9. The second-order valence-corrected chi connectivity index (χ2v) is 5.34. The first-order chi connectivity index (χ1) is 7.58. The molecule has 0 spiro atoms. The summed E-state index contributed by atoms with van der Waals surface area (Å²) in [4.78, 5) is 11.4. The molecule has 6 heteroatoms. The third kappa shape index (κ3) is 2.33. The molecule has 1 fully saturated rings. The largest absolute Gasteiger partial charge is 0.463 e. The van der Waals surface area contributed by atoms with E-state index >= 15 is 0 Å². The van der Waals surface area contributed by atoms with Crippen LogP contribution in [0, 0.1) is 0 Å². The standard InChI is InChI=1S/C10H11N3O2S/c1-10(2)8(14)12-9(16-10)13-11-6-7-4-3-5-15-7/h3-6H,1-2H3,(H,12,13,14)/b11-6-. The number of amidine groups is 1. The Bertz CT molecular complexity index is 449. The van der Waals surface area contributed by atoms with Gasteiger partial charge < -0.3 is 9.73 Å². The van der Waals surface area contributed by atoms with Gasteiger partial charge in [0.2, 0.25) is 5.91 Å². The van der Waals surface area contributed by atoms with Crippen LogP contribution >= 0.6 is 11.8 Å². The van der Waals surface area contributed by atoms with E-state index in [0.29, 0.717) is 10.9 Å². The third-order valence-corrected chi connectivity index (χ3v) is 3.07. The fraction of sp³-hybridized carbons (Fsp3) is 0.300. The molecule has 1 aromatic rings. The van der Waals surface area contributed by atoms with Crippen molar-refractivity contribution >= 4 is 29.1 Å². The van der Waals surface area contributed by atoms with Crippen molar-refractivity contribution in [3.05, 3.63) is 24.2 Å². The highest BCUT2D eigenvalue weighted by Crippen LogP contribution is 2.30. The lowest BCUT2D eigenvalue weighted by atomic mass is 10.2. The lowest BCUT2D eigenvalue weighted by molar-refractivity contribution is -0.120. The molecule has 0 aromatic carbocycles. The van der Waals surface area contributed by atoms with Crippen LogP contribution in [0.1, 0.15) is 19.6 Å². The number of hydrogen-bond acceptors (Lipinski definition) is 5. The molecule has 84 valence electrons. The van der Waals surface area contributed by atoms with Crippen LogP contribution < -0.4 is 5.32 Å². The predicted octanol–water partition coefficient (Wildman–Crippen LogP) is 1.61. The molecular formula is C10H11N3O2S. The number of nitrogens with zero attached hydrogens (tertiary/aromatic N) is 2. The summed E-state index contributed by atoms with van der Waals surface area (Å²) >= 11 is 1.36. The zero-order valence-corrected chi connectivity index (χ0v) is 9.75. The molecule has 0 unspecified atom stereocenters. The molecule has 0 atom stereocenters. The number of nitrogens with one attached hydrogen (secondary N) is 1. The quantitative estimate of drug-likeness (QED) is 0.627. The number of carbonyl (C=O) groups excluding carboxylic acids is 1. The Balaban J connectivity index is 2.03. The summed E-state index contributed by atoms with van der Waals surface area (Å²) in [6.45, 7) is 3.68. The van der Waals surface area contributed by atoms with Gasteiger partial charge in [-0.25, -0.2) is 0 Å². The molecule has 5 nitrogen and oxygen atoms in total. The smallest absolute Gasteiger partial charge is 0.242 e. The molecule has 1 saturated heterocycles. The lowest BCUT2D eigenvalue weighted by Crippen LogP contribution is -2.30. The molecule has 0 saturated carbocycles. The van der Waals surface area contributed by atoms with Crippen molar-refractivity contribution in [2.24, 2.45) is 10.2 Å². The second-order valence-electron chi connectivity index (χ2n) is 3.73. The summed E-state index contributed by atoms with van der Waals surface area (Å²) in [5.41, 5.74) is 0. The predicted molar refractivity (Wildman–Crippen MR) is 63.5 cm³/mol. The van der Waals surface area contributed by atoms with Crippen molar-refractivity contribution in [3.8, 4) is 0 Å². The molecule has 1 aromatic heterocycles. The van der Waals surface area contributed by atoms with E-state index in [4.69, 9.17) is 4.42 Å². The summed E-state index contributed by atoms with van der Waals surface area (Å²) in [6, 6.07) is 3.54. The van der Waals surface area contributed by atoms with Gasteiger partial charge in [-0.1, -0.05) is 11.8 Å². The fourth-order valence-corrected chi connectivity index (χ4v) is 1.97. The topological polar surface area (TPSA) is 67.0 Å². The van der Waals surface area contributed by atoms with Crippen molar-refractivity contribution in [1.29, 1.82) is 0 Å². The summed E-state index contributed by atoms with van der Waals surface area (Å²) in [5.74, 6) is 0.572. The Hall–Kier alpha value is -1.56. The van der Waals surface area contributed by atoms with Gasteiger partial charge in [-0.3, -0.25) is 4.79 Å². The average Bonchev–Trinajstić information content (AvgIpc) is 2.76. The minimum absolute atomic E-state index is 0.0514. The van der Waals surface area contributed by atoms with Gasteiger partial charge in [-0.15, -0.1) is 5.10 Å². The second kappa shape index (κ2) is 4.13. The van der Waals surface area contributed by atoms with Gasteiger partial charge in [0, 0.05) is 0 Å². The highest BCUT2D eigenvalue weighted by Gasteiger charge is 2.38. The van der Waals surface area contributed by atoms with Crippen LogP contribution in [0.5, 0.6) is 0 Å². The van der Waals surface area contributed by atoms with E-state index in [0.717, 1.165) is 0 Å². The van der Waals surface area contributed by atoms with E-state index < -0.39 is 4.75 Å². The van der Waals surface area contributed by atoms with Crippen LogP contribution in [-0.4, -0.2) is 22.0 Å². The SMILES string of the molecule is CC1(C)S/C(=N/N=C\c2ccco2)NC1=O. The molecule has 1 N–H and O–H groups in total. The zero-order valence-electron chi connectivity index (χ0n) is 8.93. The molecule has 1 aliphatic rings. The van der Waals surface area contributed by atoms with Crippen molar-refractivity contribution < 1.29 is 9.21 Å². The van der Waals surface area contributed by atoms with Crippen molar-refractivity contribution in [2.75, 3.05) is 0 Å². The highest BCUT2D eigenvalue weighted by atomic mass is 32.2. The van der Waals surface area contributed by atoms with Crippen LogP contribution in [0.2, 0.25) is 0 Å². The molecule has 0 aliphatic carbocycles. The first kappa shape index (κ1) is 10.9. The van der Waals surface area contributed by atoms with Crippen LogP contribution in [0.15, 0.2) is 33.0 Å². The van der Waals surface area contributed by atoms with Gasteiger partial charge >= 0.3 is 0 Å². The Morgan fingerprint density at radius 1 is 1.56 bits per heavy atom. The number of rotatable bonds is 2. The Morgan fingerprint density at radius 3 is 2.94 bits per heavy atom. The van der Waals surface area contributed by atoms with E-state index in [-0.39, 0.29) is 5.91 Å². The molecule has 2 heterocycles. The van der Waals surface area contributed by atoms with Gasteiger partial charge in [-0.2, -0.15) is 5.10 Å². The Morgan fingerprint density at radius 2 is 2.38 bits per heavy atom. The summed E-state index contributed by atoms with van der Waals surface area (Å²) in [6.07, 6.45) is 3.05. The molecule has 1 amide bonds. The van der Waals surface area contributed by atoms with E-state index in [9.17, 15) is 4.79 Å². The molecular weight excluding hydrogens is 226 g/mol. The minimum atomic E-state index is -0.473. The van der Waals surface area contributed by atoms with Crippen LogP contribution in [-0.2, 0) is 4.79 Å². The maximum absolute atomic E-state index is 11.4. The maximum Gasteiger partial charge on any atom is 0.242 e. The Kier molecular flexibility index (Phi) is 2.82. The van der Waals surface area contributed by atoms with Gasteiger partial charge in [0.1, 0.15) is 5.76 Å². The maximum atomic E-state index is 11.4. The van der Waals surface area contributed by atoms with Gasteiger partial charge in [0.15, 0.2) is 5.17 Å². The van der Waals surface area contributed by atoms with Crippen molar-refractivity contribution in [2.45, 2.75) is 18.6 Å². The zero-order chi connectivity index (χ0) is 11.6. The van der Waals surface area contributed by atoms with E-state index in [1.165, 1.54) is 18.0 Å². The third-order valence-electron chi connectivity index (χ3n) is 2.00. The summed E-state index contributed by atoms with van der Waals surface area (Å²) in [5, 5.41) is 10.9. The number of hydrogen-bond donors (Lipinski definition) is 1. The minimum Gasteiger partial charge on any atom is -0.463 e. The van der Waals surface area contributed by atoms with Crippen molar-refractivity contribution in [3.63, 3.8) is 0 Å². The van der Waals surface area contributed by atoms with Crippen LogP contribution in [0.25, 0.3) is 0 Å². The van der Waals surface area contributed by atoms with Crippen molar-refractivity contribution in [1.82, 2.24) is 5.32 Å². The monoisotopic (exact) mass is 237 g/mol. The fourth-order valence-electron chi connectivity index (χ4n) is 1.11. The summed E-state index contributed by atoms with van der Waals surface area (Å²) < 4.78 is 4.57. The molecule has 0 bridgehead atoms. The number of carbonyl (C=O) groups is 1. The number of thioether (sulfide) groups is 1. The first-order valence-electron chi connectivity index (χ1n) is 4.73.